The predicted octanol–water partition coefficient (Wildman–Crippen LogP) is 1.69. The molecule has 0 saturated carbocycles. The zero-order valence-electron chi connectivity index (χ0n) is 11.2. The highest BCUT2D eigenvalue weighted by atomic mass is 32.1. The van der Waals surface area contributed by atoms with Gasteiger partial charge >= 0.3 is 0 Å². The third kappa shape index (κ3) is 2.04. The highest BCUT2D eigenvalue weighted by Crippen LogP contribution is 2.28. The fourth-order valence-electron chi connectivity index (χ4n) is 3.67. The van der Waals surface area contributed by atoms with Gasteiger partial charge in [-0.05, 0) is 25.7 Å². The van der Waals surface area contributed by atoms with Crippen molar-refractivity contribution in [3.05, 3.63) is 21.7 Å². The molecule has 3 fully saturated rings. The topological polar surface area (TPSA) is 35.2 Å². The van der Waals surface area contributed by atoms with Gasteiger partial charge in [-0.15, -0.1) is 0 Å². The highest BCUT2D eigenvalue weighted by Gasteiger charge is 2.34. The molecule has 1 aliphatic carbocycles. The maximum atomic E-state index is 5.52. The number of rotatable bonds is 1. The van der Waals surface area contributed by atoms with E-state index >= 15 is 0 Å². The lowest BCUT2D eigenvalue weighted by Gasteiger charge is -2.47. The largest absolute Gasteiger partial charge is 0.345 e. The van der Waals surface area contributed by atoms with E-state index in [4.69, 9.17) is 17.2 Å². The molecule has 1 aromatic rings. The maximum Gasteiger partial charge on any atom is 0.133 e. The van der Waals surface area contributed by atoms with E-state index in [9.17, 15) is 0 Å². The normalized spacial score (nSPS) is 33.2. The zero-order chi connectivity index (χ0) is 12.8. The van der Waals surface area contributed by atoms with Crippen LogP contribution in [0.4, 0.5) is 0 Å². The fourth-order valence-corrected chi connectivity index (χ4v) is 4.00. The zero-order valence-corrected chi connectivity index (χ0v) is 12.0. The lowest BCUT2D eigenvalue weighted by molar-refractivity contribution is 0.00847. The number of aromatic amines is 1. The smallest absolute Gasteiger partial charge is 0.133 e. The van der Waals surface area contributed by atoms with Gasteiger partial charge in [0.15, 0.2) is 0 Å². The molecule has 0 spiro atoms. The molecule has 1 N–H and O–H groups in total. The molecule has 5 rings (SSSR count). The Morgan fingerprint density at radius 3 is 2.63 bits per heavy atom. The number of nitrogens with zero attached hydrogens (tertiary/aromatic N) is 3. The summed E-state index contributed by atoms with van der Waals surface area (Å²) in [5.41, 5.74) is 2.67. The van der Waals surface area contributed by atoms with Crippen molar-refractivity contribution in [1.29, 1.82) is 0 Å². The fraction of sp³-hybridized carbons (Fsp3) is 0.714. The minimum absolute atomic E-state index is 0.427. The van der Waals surface area contributed by atoms with Gasteiger partial charge in [-0.3, -0.25) is 9.80 Å². The number of hydrogen-bond donors (Lipinski definition) is 1. The summed E-state index contributed by atoms with van der Waals surface area (Å²) in [4.78, 5) is 13.4. The maximum absolute atomic E-state index is 5.52. The summed E-state index contributed by atoms with van der Waals surface area (Å²) in [6.07, 6.45) is 4.79. The molecular weight excluding hydrogens is 256 g/mol. The molecule has 0 amide bonds. The average Bonchev–Trinajstić information content (AvgIpc) is 2.48. The molecule has 2 bridgehead atoms. The molecular formula is C14H20N4S. The summed E-state index contributed by atoms with van der Waals surface area (Å²) in [5, 5.41) is 0. The number of aromatic nitrogens is 2. The van der Waals surface area contributed by atoms with Crippen LogP contribution in [0.15, 0.2) is 0 Å². The van der Waals surface area contributed by atoms with E-state index in [0.717, 1.165) is 29.9 Å². The minimum atomic E-state index is 0.427. The summed E-state index contributed by atoms with van der Waals surface area (Å²) in [6, 6.07) is 0.427. The van der Waals surface area contributed by atoms with Gasteiger partial charge in [0.2, 0.25) is 0 Å². The van der Waals surface area contributed by atoms with Crippen LogP contribution in [0.1, 0.15) is 36.0 Å². The Hall–Kier alpha value is -0.780. The summed E-state index contributed by atoms with van der Waals surface area (Å²) in [6.45, 7) is 5.87. The van der Waals surface area contributed by atoms with Crippen LogP contribution in [-0.4, -0.2) is 52.5 Å². The molecule has 3 aliphatic heterocycles. The van der Waals surface area contributed by atoms with Gasteiger partial charge in [-0.1, -0.05) is 12.2 Å². The SMILES string of the molecule is S=c1nc(C2CN3CCN2CC3)[nH]c2c1CCCC2. The van der Waals surface area contributed by atoms with Crippen LogP contribution in [0, 0.1) is 4.64 Å². The molecule has 19 heavy (non-hydrogen) atoms. The van der Waals surface area contributed by atoms with E-state index in [1.807, 2.05) is 0 Å². The standard InChI is InChI=1S/C14H20N4S/c19-14-10-3-1-2-4-11(10)15-13(16-14)12-9-17-5-7-18(12)8-6-17/h12H,1-9H2,(H,15,16,19). The van der Waals surface area contributed by atoms with Crippen molar-refractivity contribution in [2.45, 2.75) is 31.7 Å². The van der Waals surface area contributed by atoms with E-state index < -0.39 is 0 Å². The number of H-pyrrole nitrogens is 1. The van der Waals surface area contributed by atoms with Gasteiger partial charge in [0.25, 0.3) is 0 Å². The lowest BCUT2D eigenvalue weighted by atomic mass is 9.97. The molecule has 3 saturated heterocycles. The van der Waals surface area contributed by atoms with Crippen LogP contribution in [0.2, 0.25) is 0 Å². The first-order valence-electron chi connectivity index (χ1n) is 7.39. The van der Waals surface area contributed by atoms with Crippen LogP contribution in [-0.2, 0) is 12.8 Å². The molecule has 0 aromatic carbocycles. The Morgan fingerprint density at radius 1 is 1.11 bits per heavy atom. The Kier molecular flexibility index (Phi) is 2.94. The molecule has 4 heterocycles. The van der Waals surface area contributed by atoms with Crippen molar-refractivity contribution in [1.82, 2.24) is 19.8 Å². The molecule has 102 valence electrons. The first-order valence-corrected chi connectivity index (χ1v) is 7.80. The molecule has 0 radical (unpaired) electrons. The summed E-state index contributed by atoms with van der Waals surface area (Å²) in [7, 11) is 0. The van der Waals surface area contributed by atoms with Crippen LogP contribution in [0.25, 0.3) is 0 Å². The summed E-state index contributed by atoms with van der Waals surface area (Å²) in [5.74, 6) is 1.11. The number of piperazine rings is 3. The van der Waals surface area contributed by atoms with E-state index in [0.29, 0.717) is 6.04 Å². The average molecular weight is 276 g/mol. The molecule has 1 atom stereocenters. The Balaban J connectivity index is 1.72. The van der Waals surface area contributed by atoms with Crippen molar-refractivity contribution in [3.63, 3.8) is 0 Å². The highest BCUT2D eigenvalue weighted by molar-refractivity contribution is 7.71. The Morgan fingerprint density at radius 2 is 1.89 bits per heavy atom. The minimum Gasteiger partial charge on any atom is -0.345 e. The van der Waals surface area contributed by atoms with Gasteiger partial charge in [-0.25, -0.2) is 4.98 Å². The third-order valence-corrected chi connectivity index (χ3v) is 5.16. The monoisotopic (exact) mass is 276 g/mol. The van der Waals surface area contributed by atoms with E-state index in [-0.39, 0.29) is 0 Å². The Bertz CT molecular complexity index is 545. The van der Waals surface area contributed by atoms with E-state index in [2.05, 4.69) is 14.8 Å². The number of aryl methyl sites for hydroxylation is 1. The molecule has 1 aromatic heterocycles. The van der Waals surface area contributed by atoms with E-state index in [1.165, 1.54) is 50.3 Å². The second-order valence-electron chi connectivity index (χ2n) is 5.94. The number of hydrogen-bond acceptors (Lipinski definition) is 4. The van der Waals surface area contributed by atoms with Gasteiger partial charge in [0.05, 0.1) is 6.04 Å². The van der Waals surface area contributed by atoms with Crippen LogP contribution >= 0.6 is 12.2 Å². The molecule has 1 unspecified atom stereocenters. The van der Waals surface area contributed by atoms with Crippen LogP contribution in [0.5, 0.6) is 0 Å². The number of fused-ring (bicyclic) bond motifs is 4. The van der Waals surface area contributed by atoms with Gasteiger partial charge < -0.3 is 4.98 Å². The summed E-state index contributed by atoms with van der Waals surface area (Å²) < 4.78 is 0.848. The predicted molar refractivity (Wildman–Crippen MR) is 76.8 cm³/mol. The van der Waals surface area contributed by atoms with Crippen LogP contribution < -0.4 is 0 Å². The van der Waals surface area contributed by atoms with Crippen LogP contribution in [0.3, 0.4) is 0 Å². The number of nitrogens with one attached hydrogen (secondary N) is 1. The first-order chi connectivity index (χ1) is 9.31. The summed E-state index contributed by atoms with van der Waals surface area (Å²) >= 11 is 5.52. The second-order valence-corrected chi connectivity index (χ2v) is 6.33. The third-order valence-electron chi connectivity index (χ3n) is 4.82. The van der Waals surface area contributed by atoms with Gasteiger partial charge in [0, 0.05) is 44.0 Å². The van der Waals surface area contributed by atoms with Gasteiger partial charge in [-0.2, -0.15) is 0 Å². The van der Waals surface area contributed by atoms with Crippen molar-refractivity contribution in [2.24, 2.45) is 0 Å². The van der Waals surface area contributed by atoms with Crippen molar-refractivity contribution < 1.29 is 0 Å². The van der Waals surface area contributed by atoms with E-state index in [1.54, 1.807) is 0 Å². The van der Waals surface area contributed by atoms with Crippen molar-refractivity contribution >= 4 is 12.2 Å². The van der Waals surface area contributed by atoms with Crippen molar-refractivity contribution in [3.8, 4) is 0 Å². The first kappa shape index (κ1) is 12.0. The second kappa shape index (κ2) is 4.65. The lowest BCUT2D eigenvalue weighted by Crippen LogP contribution is -2.57. The van der Waals surface area contributed by atoms with Gasteiger partial charge in [0.1, 0.15) is 10.5 Å². The van der Waals surface area contributed by atoms with Crippen molar-refractivity contribution in [2.75, 3.05) is 32.7 Å². The quantitative estimate of drug-likeness (QED) is 0.792. The molecule has 4 aliphatic rings. The Labute approximate surface area is 118 Å². The molecule has 4 nitrogen and oxygen atoms in total. The molecule has 5 heteroatoms.